The maximum Gasteiger partial charge on any atom is 0.239 e. The molecule has 3 aliphatic rings. The summed E-state index contributed by atoms with van der Waals surface area (Å²) in [4.78, 5) is 43.7. The zero-order chi connectivity index (χ0) is 21.0. The first-order valence-corrected chi connectivity index (χ1v) is 10.9. The topological polar surface area (TPSA) is 66.9 Å². The van der Waals surface area contributed by atoms with E-state index in [2.05, 4.69) is 20.8 Å². The van der Waals surface area contributed by atoms with Gasteiger partial charge in [-0.3, -0.25) is 19.3 Å². The smallest absolute Gasteiger partial charge is 0.239 e. The Morgan fingerprint density at radius 2 is 1.67 bits per heavy atom. The molecule has 0 saturated carbocycles. The minimum absolute atomic E-state index is 0.0564. The number of methoxy groups -OCH3 is 1. The largest absolute Gasteiger partial charge is 0.497 e. The van der Waals surface area contributed by atoms with Gasteiger partial charge in [0.25, 0.3) is 0 Å². The third-order valence-corrected chi connectivity index (χ3v) is 7.11. The third-order valence-electron chi connectivity index (χ3n) is 6.58. The van der Waals surface area contributed by atoms with Crippen molar-refractivity contribution in [2.45, 2.75) is 24.9 Å². The number of Topliss-reactive ketones (excluding diaryl/α,β-unsaturated/α-hetero) is 1. The molecule has 2 amide bonds. The SMILES string of the molecule is COc1ccc(C(=O)C2C3C(=O)N(c4ccc(Br)cc4)C(=O)C3C3CCCN32)cc1. The number of carbonyl (C=O) groups is 3. The number of ether oxygens (including phenoxy) is 1. The molecule has 4 unspecified atom stereocenters. The summed E-state index contributed by atoms with van der Waals surface area (Å²) < 4.78 is 6.06. The van der Waals surface area contributed by atoms with Gasteiger partial charge < -0.3 is 4.74 Å². The number of ketones is 1. The number of anilines is 1. The van der Waals surface area contributed by atoms with Gasteiger partial charge in [-0.2, -0.15) is 0 Å². The molecule has 154 valence electrons. The molecule has 2 aromatic rings. The van der Waals surface area contributed by atoms with E-state index in [4.69, 9.17) is 4.74 Å². The second kappa shape index (κ2) is 7.32. The summed E-state index contributed by atoms with van der Waals surface area (Å²) in [5.41, 5.74) is 1.09. The normalized spacial score (nSPS) is 28.0. The minimum atomic E-state index is -0.638. The Balaban J connectivity index is 1.52. The molecular weight excluding hydrogens is 448 g/mol. The van der Waals surface area contributed by atoms with Gasteiger partial charge in [0.1, 0.15) is 5.75 Å². The Morgan fingerprint density at radius 3 is 2.33 bits per heavy atom. The number of imide groups is 1. The van der Waals surface area contributed by atoms with Crippen molar-refractivity contribution in [2.75, 3.05) is 18.6 Å². The van der Waals surface area contributed by atoms with Gasteiger partial charge in [0.15, 0.2) is 5.78 Å². The second-order valence-electron chi connectivity index (χ2n) is 8.02. The van der Waals surface area contributed by atoms with Gasteiger partial charge in [0.2, 0.25) is 11.8 Å². The molecule has 6 nitrogen and oxygen atoms in total. The van der Waals surface area contributed by atoms with Crippen LogP contribution < -0.4 is 9.64 Å². The summed E-state index contributed by atoms with van der Waals surface area (Å²) in [6.45, 7) is 0.739. The maximum absolute atomic E-state index is 13.5. The summed E-state index contributed by atoms with van der Waals surface area (Å²) in [5.74, 6) is -0.987. The predicted octanol–water partition coefficient (Wildman–Crippen LogP) is 3.29. The van der Waals surface area contributed by atoms with Gasteiger partial charge in [0.05, 0.1) is 30.7 Å². The average molecular weight is 469 g/mol. The van der Waals surface area contributed by atoms with E-state index in [9.17, 15) is 14.4 Å². The van der Waals surface area contributed by atoms with Crippen LogP contribution >= 0.6 is 15.9 Å². The first kappa shape index (κ1) is 19.5. The number of fused-ring (bicyclic) bond motifs is 3. The van der Waals surface area contributed by atoms with Crippen LogP contribution in [-0.4, -0.2) is 48.2 Å². The zero-order valence-electron chi connectivity index (χ0n) is 16.5. The Kier molecular flexibility index (Phi) is 4.75. The van der Waals surface area contributed by atoms with E-state index in [1.54, 1.807) is 43.5 Å². The van der Waals surface area contributed by atoms with Gasteiger partial charge >= 0.3 is 0 Å². The second-order valence-corrected chi connectivity index (χ2v) is 8.94. The molecule has 3 aliphatic heterocycles. The summed E-state index contributed by atoms with van der Waals surface area (Å²) >= 11 is 3.39. The first-order valence-electron chi connectivity index (χ1n) is 10.1. The molecule has 5 rings (SSSR count). The Morgan fingerprint density at radius 1 is 1.00 bits per heavy atom. The van der Waals surface area contributed by atoms with Crippen molar-refractivity contribution in [1.82, 2.24) is 4.90 Å². The average Bonchev–Trinajstić information content (AvgIpc) is 3.41. The number of hydrogen-bond donors (Lipinski definition) is 0. The van der Waals surface area contributed by atoms with Crippen molar-refractivity contribution >= 4 is 39.2 Å². The van der Waals surface area contributed by atoms with Gasteiger partial charge in [-0.25, -0.2) is 4.90 Å². The van der Waals surface area contributed by atoms with Gasteiger partial charge in [0, 0.05) is 16.1 Å². The Labute approximate surface area is 182 Å². The lowest BCUT2D eigenvalue weighted by Gasteiger charge is -2.27. The molecule has 0 spiro atoms. The molecule has 0 radical (unpaired) electrons. The monoisotopic (exact) mass is 468 g/mol. The molecule has 3 heterocycles. The number of halogens is 1. The van der Waals surface area contributed by atoms with E-state index in [0.29, 0.717) is 17.0 Å². The summed E-state index contributed by atoms with van der Waals surface area (Å²) in [6.07, 6.45) is 1.76. The molecule has 2 aromatic carbocycles. The Hall–Kier alpha value is -2.51. The fourth-order valence-electron chi connectivity index (χ4n) is 5.29. The highest BCUT2D eigenvalue weighted by Crippen LogP contribution is 2.48. The predicted molar refractivity (Wildman–Crippen MR) is 114 cm³/mol. The van der Waals surface area contributed by atoms with Crippen LogP contribution in [0.3, 0.4) is 0 Å². The van der Waals surface area contributed by atoms with E-state index in [0.717, 1.165) is 23.9 Å². The number of rotatable bonds is 4. The number of nitrogens with zero attached hydrogens (tertiary/aromatic N) is 2. The zero-order valence-corrected chi connectivity index (χ0v) is 18.0. The van der Waals surface area contributed by atoms with Gasteiger partial charge in [-0.1, -0.05) is 15.9 Å². The van der Waals surface area contributed by atoms with Crippen molar-refractivity contribution in [3.63, 3.8) is 0 Å². The Bertz CT molecular complexity index is 1020. The highest BCUT2D eigenvalue weighted by Gasteiger charge is 2.64. The molecule has 0 aromatic heterocycles. The van der Waals surface area contributed by atoms with Gasteiger partial charge in [-0.05, 0) is 67.9 Å². The summed E-state index contributed by atoms with van der Waals surface area (Å²) in [6, 6.07) is 13.4. The molecule has 0 N–H and O–H groups in total. The van der Waals surface area contributed by atoms with Crippen molar-refractivity contribution in [2.24, 2.45) is 11.8 Å². The van der Waals surface area contributed by atoms with E-state index in [-0.39, 0.29) is 23.6 Å². The molecular formula is C23H21BrN2O4. The number of amides is 2. The van der Waals surface area contributed by atoms with Crippen LogP contribution in [0.25, 0.3) is 0 Å². The highest BCUT2D eigenvalue weighted by atomic mass is 79.9. The standard InChI is InChI=1S/C23H21BrN2O4/c1-30-16-10-4-13(5-11-16)21(27)20-19-18(17-3-2-12-25(17)20)22(28)26(23(19)29)15-8-6-14(24)7-9-15/h4-11,17-20H,2-3,12H2,1H3. The molecule has 3 fully saturated rings. The quantitative estimate of drug-likeness (QED) is 0.508. The van der Waals surface area contributed by atoms with E-state index < -0.39 is 17.9 Å². The lowest BCUT2D eigenvalue weighted by Crippen LogP contribution is -2.46. The van der Waals surface area contributed by atoms with Crippen molar-refractivity contribution in [3.8, 4) is 5.75 Å². The van der Waals surface area contributed by atoms with Crippen LogP contribution in [0.1, 0.15) is 23.2 Å². The summed E-state index contributed by atoms with van der Waals surface area (Å²) in [7, 11) is 1.58. The minimum Gasteiger partial charge on any atom is -0.497 e. The van der Waals surface area contributed by atoms with E-state index in [1.807, 2.05) is 12.1 Å². The van der Waals surface area contributed by atoms with Crippen molar-refractivity contribution in [3.05, 3.63) is 58.6 Å². The number of carbonyl (C=O) groups excluding carboxylic acids is 3. The molecule has 30 heavy (non-hydrogen) atoms. The summed E-state index contributed by atoms with van der Waals surface area (Å²) in [5, 5.41) is 0. The molecule has 7 heteroatoms. The fraction of sp³-hybridized carbons (Fsp3) is 0.348. The van der Waals surface area contributed by atoms with Crippen LogP contribution in [0.15, 0.2) is 53.0 Å². The van der Waals surface area contributed by atoms with Crippen LogP contribution in [0.4, 0.5) is 5.69 Å². The molecule has 4 atom stereocenters. The highest BCUT2D eigenvalue weighted by molar-refractivity contribution is 9.10. The van der Waals surface area contributed by atoms with Crippen LogP contribution in [0.5, 0.6) is 5.75 Å². The fourth-order valence-corrected chi connectivity index (χ4v) is 5.55. The van der Waals surface area contributed by atoms with Crippen LogP contribution in [-0.2, 0) is 9.59 Å². The molecule has 3 saturated heterocycles. The molecule has 0 aliphatic carbocycles. The van der Waals surface area contributed by atoms with Gasteiger partial charge in [-0.15, -0.1) is 0 Å². The van der Waals surface area contributed by atoms with E-state index in [1.165, 1.54) is 4.90 Å². The van der Waals surface area contributed by atoms with E-state index >= 15 is 0 Å². The maximum atomic E-state index is 13.5. The molecule has 0 bridgehead atoms. The van der Waals surface area contributed by atoms with Crippen LogP contribution in [0.2, 0.25) is 0 Å². The van der Waals surface area contributed by atoms with Crippen molar-refractivity contribution in [1.29, 1.82) is 0 Å². The first-order chi connectivity index (χ1) is 14.5. The number of hydrogen-bond acceptors (Lipinski definition) is 5. The lowest BCUT2D eigenvalue weighted by atomic mass is 9.85. The van der Waals surface area contributed by atoms with Crippen molar-refractivity contribution < 1.29 is 19.1 Å². The lowest BCUT2D eigenvalue weighted by molar-refractivity contribution is -0.123. The number of benzene rings is 2. The van der Waals surface area contributed by atoms with Crippen LogP contribution in [0, 0.1) is 11.8 Å². The third kappa shape index (κ3) is 2.83.